The van der Waals surface area contributed by atoms with Gasteiger partial charge in [-0.2, -0.15) is 0 Å². The molecule has 25 heavy (non-hydrogen) atoms. The van der Waals surface area contributed by atoms with Gasteiger partial charge >= 0.3 is 0 Å². The molecule has 2 heterocycles. The van der Waals surface area contributed by atoms with Crippen LogP contribution in [0.4, 0.5) is 0 Å². The second-order valence-corrected chi connectivity index (χ2v) is 6.24. The molecule has 1 atom stereocenters. The van der Waals surface area contributed by atoms with E-state index in [4.69, 9.17) is 9.57 Å². The number of rotatable bonds is 6. The van der Waals surface area contributed by atoms with E-state index in [1.54, 1.807) is 0 Å². The molecule has 2 fully saturated rings. The van der Waals surface area contributed by atoms with Crippen LogP contribution in [0.2, 0.25) is 0 Å². The Morgan fingerprint density at radius 1 is 1.32 bits per heavy atom. The lowest BCUT2D eigenvalue weighted by atomic mass is 10.1. The van der Waals surface area contributed by atoms with E-state index in [1.807, 2.05) is 31.2 Å². The predicted octanol–water partition coefficient (Wildman–Crippen LogP) is 0.940. The molecule has 2 amide bonds. The molecule has 0 aliphatic carbocycles. The number of piperazine rings is 1. The van der Waals surface area contributed by atoms with E-state index in [0.717, 1.165) is 24.3 Å². The van der Waals surface area contributed by atoms with E-state index >= 15 is 0 Å². The van der Waals surface area contributed by atoms with Gasteiger partial charge in [0.1, 0.15) is 5.75 Å². The van der Waals surface area contributed by atoms with Gasteiger partial charge in [0.25, 0.3) is 0 Å². The molecular formula is C18H25N3O4. The molecule has 136 valence electrons. The van der Waals surface area contributed by atoms with Gasteiger partial charge in [-0.1, -0.05) is 12.1 Å². The Balaban J connectivity index is 1.64. The van der Waals surface area contributed by atoms with Crippen LogP contribution < -0.4 is 10.1 Å². The molecule has 2 aliphatic heterocycles. The van der Waals surface area contributed by atoms with Crippen molar-refractivity contribution in [2.24, 2.45) is 0 Å². The maximum Gasteiger partial charge on any atom is 0.248 e. The largest absolute Gasteiger partial charge is 0.494 e. The molecule has 0 aromatic heterocycles. The topological polar surface area (TPSA) is 71.1 Å². The number of nitrogens with one attached hydrogen (secondary N) is 1. The standard InChI is InChI=1S/C18H25N3O4/c1-2-24-15-6-4-14(5-7-15)13-20-10-8-19-18(23)16(20)12-17(22)21-9-3-11-25-21/h4-7,16H,2-3,8-13H2,1H3,(H,19,23)/t16-/m0/s1. The monoisotopic (exact) mass is 347 g/mol. The fraction of sp³-hybridized carbons (Fsp3) is 0.556. The van der Waals surface area contributed by atoms with Gasteiger partial charge < -0.3 is 10.1 Å². The predicted molar refractivity (Wildman–Crippen MR) is 91.7 cm³/mol. The SMILES string of the molecule is CCOc1ccc(CN2CCNC(=O)[C@@H]2CC(=O)N2CCCO2)cc1. The highest BCUT2D eigenvalue weighted by Crippen LogP contribution is 2.18. The van der Waals surface area contributed by atoms with E-state index < -0.39 is 6.04 Å². The molecule has 0 radical (unpaired) electrons. The maximum atomic E-state index is 12.4. The fourth-order valence-electron chi connectivity index (χ4n) is 3.18. The van der Waals surface area contributed by atoms with Crippen LogP contribution in [0.15, 0.2) is 24.3 Å². The van der Waals surface area contributed by atoms with Crippen molar-refractivity contribution < 1.29 is 19.2 Å². The number of nitrogens with zero attached hydrogens (tertiary/aromatic N) is 2. The van der Waals surface area contributed by atoms with Gasteiger partial charge in [0.2, 0.25) is 11.8 Å². The molecule has 2 aliphatic rings. The molecule has 7 heteroatoms. The van der Waals surface area contributed by atoms with Crippen LogP contribution in [-0.2, 0) is 21.0 Å². The number of ether oxygens (including phenoxy) is 1. The van der Waals surface area contributed by atoms with Crippen LogP contribution in [-0.4, -0.2) is 60.7 Å². The van der Waals surface area contributed by atoms with Crippen LogP contribution in [0.25, 0.3) is 0 Å². The van der Waals surface area contributed by atoms with E-state index in [1.165, 1.54) is 5.06 Å². The van der Waals surface area contributed by atoms with Crippen LogP contribution in [0, 0.1) is 0 Å². The van der Waals surface area contributed by atoms with Crippen LogP contribution >= 0.6 is 0 Å². The van der Waals surface area contributed by atoms with Crippen LogP contribution in [0.5, 0.6) is 5.75 Å². The van der Waals surface area contributed by atoms with Gasteiger partial charge in [0, 0.05) is 19.6 Å². The second kappa shape index (κ2) is 8.31. The molecule has 0 saturated carbocycles. The van der Waals surface area contributed by atoms with Crippen molar-refractivity contribution in [1.29, 1.82) is 0 Å². The first kappa shape index (κ1) is 17.7. The lowest BCUT2D eigenvalue weighted by Gasteiger charge is -2.35. The van der Waals surface area contributed by atoms with E-state index in [2.05, 4.69) is 10.2 Å². The average Bonchev–Trinajstić information content (AvgIpc) is 3.14. The van der Waals surface area contributed by atoms with Crippen molar-refractivity contribution >= 4 is 11.8 Å². The molecule has 1 aromatic rings. The number of hydrogen-bond acceptors (Lipinski definition) is 5. The average molecular weight is 347 g/mol. The number of hydroxylamine groups is 2. The minimum absolute atomic E-state index is 0.0928. The summed E-state index contributed by atoms with van der Waals surface area (Å²) in [5.41, 5.74) is 1.09. The van der Waals surface area contributed by atoms with Crippen LogP contribution in [0.1, 0.15) is 25.3 Å². The Kier molecular flexibility index (Phi) is 5.88. The van der Waals surface area contributed by atoms with Gasteiger partial charge in [0.05, 0.1) is 32.2 Å². The molecule has 0 unspecified atom stereocenters. The smallest absolute Gasteiger partial charge is 0.248 e. The van der Waals surface area contributed by atoms with Gasteiger partial charge in [0.15, 0.2) is 0 Å². The molecule has 7 nitrogen and oxygen atoms in total. The molecule has 3 rings (SSSR count). The summed E-state index contributed by atoms with van der Waals surface area (Å²) in [5.74, 6) is 0.613. The number of carbonyl (C=O) groups is 2. The normalized spacial score (nSPS) is 21.2. The molecule has 2 saturated heterocycles. The summed E-state index contributed by atoms with van der Waals surface area (Å²) in [4.78, 5) is 32.0. The molecule has 0 spiro atoms. The van der Waals surface area contributed by atoms with Crippen molar-refractivity contribution in [3.05, 3.63) is 29.8 Å². The summed E-state index contributed by atoms with van der Waals surface area (Å²) in [7, 11) is 0. The zero-order valence-corrected chi connectivity index (χ0v) is 14.6. The Labute approximate surface area is 147 Å². The molecule has 0 bridgehead atoms. The third-order valence-corrected chi connectivity index (χ3v) is 4.46. The van der Waals surface area contributed by atoms with E-state index in [9.17, 15) is 9.59 Å². The first-order chi connectivity index (χ1) is 12.2. The minimum Gasteiger partial charge on any atom is -0.494 e. The Bertz CT molecular complexity index is 599. The summed E-state index contributed by atoms with van der Waals surface area (Å²) < 4.78 is 5.46. The van der Waals surface area contributed by atoms with Crippen LogP contribution in [0.3, 0.4) is 0 Å². The molecule has 1 aromatic carbocycles. The zero-order valence-electron chi connectivity index (χ0n) is 14.6. The second-order valence-electron chi connectivity index (χ2n) is 6.24. The van der Waals surface area contributed by atoms with Gasteiger partial charge in [-0.15, -0.1) is 0 Å². The van der Waals surface area contributed by atoms with Crippen molar-refractivity contribution in [2.45, 2.75) is 32.4 Å². The molecule has 1 N–H and O–H groups in total. The zero-order chi connectivity index (χ0) is 17.6. The third-order valence-electron chi connectivity index (χ3n) is 4.46. The van der Waals surface area contributed by atoms with Gasteiger partial charge in [-0.05, 0) is 31.0 Å². The number of hydrogen-bond donors (Lipinski definition) is 1. The summed E-state index contributed by atoms with van der Waals surface area (Å²) >= 11 is 0. The minimum atomic E-state index is -0.461. The Morgan fingerprint density at radius 2 is 2.12 bits per heavy atom. The fourth-order valence-corrected chi connectivity index (χ4v) is 3.18. The number of carbonyl (C=O) groups excluding carboxylic acids is 2. The first-order valence-corrected chi connectivity index (χ1v) is 8.84. The summed E-state index contributed by atoms with van der Waals surface area (Å²) in [6.07, 6.45) is 0.987. The van der Waals surface area contributed by atoms with E-state index in [0.29, 0.717) is 32.8 Å². The summed E-state index contributed by atoms with van der Waals surface area (Å²) in [6, 6.07) is 7.40. The maximum absolute atomic E-state index is 12.4. The number of amides is 2. The Morgan fingerprint density at radius 3 is 2.80 bits per heavy atom. The van der Waals surface area contributed by atoms with E-state index in [-0.39, 0.29) is 18.2 Å². The first-order valence-electron chi connectivity index (χ1n) is 8.84. The van der Waals surface area contributed by atoms with Crippen molar-refractivity contribution in [3.63, 3.8) is 0 Å². The van der Waals surface area contributed by atoms with Gasteiger partial charge in [-0.3, -0.25) is 19.3 Å². The highest BCUT2D eigenvalue weighted by Gasteiger charge is 2.33. The highest BCUT2D eigenvalue weighted by molar-refractivity contribution is 5.88. The van der Waals surface area contributed by atoms with Crippen molar-refractivity contribution in [1.82, 2.24) is 15.3 Å². The third kappa shape index (κ3) is 4.49. The Hall–Kier alpha value is -2.12. The highest BCUT2D eigenvalue weighted by atomic mass is 16.7. The lowest BCUT2D eigenvalue weighted by molar-refractivity contribution is -0.171. The van der Waals surface area contributed by atoms with Crippen molar-refractivity contribution in [2.75, 3.05) is 32.8 Å². The summed E-state index contributed by atoms with van der Waals surface area (Å²) in [6.45, 7) is 5.70. The quantitative estimate of drug-likeness (QED) is 0.829. The molecular weight excluding hydrogens is 322 g/mol. The summed E-state index contributed by atoms with van der Waals surface area (Å²) in [5, 5.41) is 4.24. The number of benzene rings is 1. The van der Waals surface area contributed by atoms with Crippen molar-refractivity contribution in [3.8, 4) is 5.75 Å². The van der Waals surface area contributed by atoms with Gasteiger partial charge in [-0.25, -0.2) is 5.06 Å². The lowest BCUT2D eigenvalue weighted by Crippen LogP contribution is -2.56.